The summed E-state index contributed by atoms with van der Waals surface area (Å²) >= 11 is 6.26. The second-order valence-corrected chi connectivity index (χ2v) is 10.1. The average molecular weight is 510 g/mol. The fourth-order valence-electron chi connectivity index (χ4n) is 5.20. The molecule has 2 aliphatic rings. The molecule has 1 aliphatic heterocycles. The van der Waals surface area contributed by atoms with Crippen LogP contribution < -0.4 is 4.74 Å². The van der Waals surface area contributed by atoms with Crippen LogP contribution in [0.15, 0.2) is 46.5 Å². The molecule has 0 saturated heterocycles. The number of ether oxygens (including phenoxy) is 1. The summed E-state index contributed by atoms with van der Waals surface area (Å²) in [4.78, 5) is 37.8. The molecule has 0 amide bonds. The van der Waals surface area contributed by atoms with E-state index >= 15 is 0 Å². The van der Waals surface area contributed by atoms with Gasteiger partial charge in [-0.25, -0.2) is 9.78 Å². The molecule has 1 aromatic heterocycles. The van der Waals surface area contributed by atoms with Crippen LogP contribution >= 0.6 is 11.6 Å². The number of hydrogen-bond acceptors (Lipinski definition) is 6. The quantitative estimate of drug-likeness (QED) is 0.334. The molecule has 7 nitrogen and oxygen atoms in total. The van der Waals surface area contributed by atoms with Crippen molar-refractivity contribution in [3.05, 3.63) is 58.2 Å². The molecule has 190 valence electrons. The molecule has 4 rings (SSSR count). The second kappa shape index (κ2) is 12.3. The van der Waals surface area contributed by atoms with Crippen molar-refractivity contribution >= 4 is 35.8 Å². The van der Waals surface area contributed by atoms with Gasteiger partial charge < -0.3 is 9.84 Å². The Bertz CT molecular complexity index is 1150. The van der Waals surface area contributed by atoms with Gasteiger partial charge in [-0.3, -0.25) is 14.8 Å². The number of Topliss-reactive ketones (excluding diaryl/α,β-unsaturated/α-hetero) is 1. The maximum atomic E-state index is 13.3. The van der Waals surface area contributed by atoms with Gasteiger partial charge in [0, 0.05) is 37.2 Å². The standard InChI is InChI=1S/C28H32ClN3O4/c1-18-6-8-20(36-27-26(29)23(28(34)35)10-13-32-27)17-19(16-18)7-9-25(33)22-5-3-2-4-21(22)24-11-12-30-14-15-31-24/h2-5,10,13-15,18-20,24H,6-9,11-12,16-17H2,1H3,(H,34,35). The SMILES string of the molecule is CC1CCC(Oc2nccc(C(=O)O)c2Cl)CC(CCC(=O)c2ccccc2C2CCN=CC=N2)C1. The smallest absolute Gasteiger partial charge is 0.337 e. The number of aromatic nitrogens is 1. The summed E-state index contributed by atoms with van der Waals surface area (Å²) in [6.07, 6.45) is 10.4. The third-order valence-electron chi connectivity index (χ3n) is 7.05. The number of hydrogen-bond donors (Lipinski definition) is 1. The van der Waals surface area contributed by atoms with Crippen LogP contribution in [0.2, 0.25) is 5.02 Å². The van der Waals surface area contributed by atoms with E-state index in [1.807, 2.05) is 24.3 Å². The number of ketones is 1. The summed E-state index contributed by atoms with van der Waals surface area (Å²) in [6, 6.07) is 9.09. The molecule has 0 radical (unpaired) electrons. The largest absolute Gasteiger partial charge is 0.478 e. The van der Waals surface area contributed by atoms with Gasteiger partial charge in [-0.2, -0.15) is 0 Å². The van der Waals surface area contributed by atoms with Gasteiger partial charge >= 0.3 is 5.97 Å². The molecule has 2 aromatic rings. The van der Waals surface area contributed by atoms with Crippen LogP contribution in [0.5, 0.6) is 5.88 Å². The van der Waals surface area contributed by atoms with Gasteiger partial charge in [-0.05, 0) is 62.0 Å². The Kier molecular flexibility index (Phi) is 8.86. The van der Waals surface area contributed by atoms with E-state index in [1.54, 1.807) is 12.4 Å². The molecule has 4 atom stereocenters. The second-order valence-electron chi connectivity index (χ2n) is 9.75. The number of carbonyl (C=O) groups excluding carboxylic acids is 1. The molecule has 2 heterocycles. The normalized spacial score (nSPS) is 24.1. The fourth-order valence-corrected chi connectivity index (χ4v) is 5.44. The zero-order valence-corrected chi connectivity index (χ0v) is 21.2. The van der Waals surface area contributed by atoms with Crippen molar-refractivity contribution in [1.82, 2.24) is 4.98 Å². The Morgan fingerprint density at radius 1 is 1.08 bits per heavy atom. The van der Waals surface area contributed by atoms with Gasteiger partial charge in [0.15, 0.2) is 5.78 Å². The Morgan fingerprint density at radius 3 is 2.75 bits per heavy atom. The van der Waals surface area contributed by atoms with Crippen LogP contribution in [0.3, 0.4) is 0 Å². The number of carbonyl (C=O) groups is 2. The third kappa shape index (κ3) is 6.58. The van der Waals surface area contributed by atoms with Crippen molar-refractivity contribution in [2.45, 2.75) is 64.0 Å². The highest BCUT2D eigenvalue weighted by Gasteiger charge is 2.28. The molecule has 0 bridgehead atoms. The summed E-state index contributed by atoms with van der Waals surface area (Å²) < 4.78 is 6.12. The van der Waals surface area contributed by atoms with Crippen molar-refractivity contribution in [2.75, 3.05) is 6.54 Å². The zero-order chi connectivity index (χ0) is 25.5. The first-order valence-corrected chi connectivity index (χ1v) is 13.0. The summed E-state index contributed by atoms with van der Waals surface area (Å²) in [5.41, 5.74) is 1.70. The van der Waals surface area contributed by atoms with E-state index in [1.165, 1.54) is 12.3 Å². The van der Waals surface area contributed by atoms with Crippen molar-refractivity contribution in [3.63, 3.8) is 0 Å². The number of pyridine rings is 1. The summed E-state index contributed by atoms with van der Waals surface area (Å²) in [5, 5.41) is 9.36. The number of nitrogens with zero attached hydrogens (tertiary/aromatic N) is 3. The third-order valence-corrected chi connectivity index (χ3v) is 7.41. The van der Waals surface area contributed by atoms with E-state index in [4.69, 9.17) is 16.3 Å². The molecule has 1 fully saturated rings. The van der Waals surface area contributed by atoms with E-state index in [9.17, 15) is 14.7 Å². The van der Waals surface area contributed by atoms with Crippen molar-refractivity contribution in [1.29, 1.82) is 0 Å². The molecule has 4 unspecified atom stereocenters. The molecule has 0 spiro atoms. The molecule has 1 N–H and O–H groups in total. The molecular formula is C28H32ClN3O4. The number of halogens is 1. The number of carboxylic acids is 1. The Balaban J connectivity index is 1.42. The van der Waals surface area contributed by atoms with Crippen LogP contribution in [-0.2, 0) is 0 Å². The van der Waals surface area contributed by atoms with E-state index in [2.05, 4.69) is 21.9 Å². The van der Waals surface area contributed by atoms with Crippen molar-refractivity contribution < 1.29 is 19.4 Å². The molecule has 1 aromatic carbocycles. The lowest BCUT2D eigenvalue weighted by atomic mass is 9.87. The number of aromatic carboxylic acids is 1. The highest BCUT2D eigenvalue weighted by molar-refractivity contribution is 6.34. The van der Waals surface area contributed by atoms with Gasteiger partial charge in [-0.1, -0.05) is 42.8 Å². The van der Waals surface area contributed by atoms with Crippen molar-refractivity contribution in [3.8, 4) is 5.88 Å². The number of carboxylic acid groups (broad SMARTS) is 1. The molecule has 1 saturated carbocycles. The minimum Gasteiger partial charge on any atom is -0.478 e. The van der Waals surface area contributed by atoms with Gasteiger partial charge in [0.05, 0.1) is 11.6 Å². The number of rotatable bonds is 8. The Labute approximate surface area is 216 Å². The predicted molar refractivity (Wildman–Crippen MR) is 141 cm³/mol. The van der Waals surface area contributed by atoms with E-state index in [0.29, 0.717) is 24.8 Å². The van der Waals surface area contributed by atoms with Crippen molar-refractivity contribution in [2.24, 2.45) is 21.8 Å². The van der Waals surface area contributed by atoms with Gasteiger partial charge in [0.2, 0.25) is 5.88 Å². The summed E-state index contributed by atoms with van der Waals surface area (Å²) in [5.74, 6) is 0.0157. The Hall–Kier alpha value is -3.06. The fraction of sp³-hybridized carbons (Fsp3) is 0.464. The number of aliphatic imine (C=N–C) groups is 2. The maximum absolute atomic E-state index is 13.3. The Morgan fingerprint density at radius 2 is 1.92 bits per heavy atom. The van der Waals surface area contributed by atoms with Crippen LogP contribution in [0.25, 0.3) is 0 Å². The minimum atomic E-state index is -1.11. The monoisotopic (exact) mass is 509 g/mol. The van der Waals surface area contributed by atoms with Crippen LogP contribution in [0.1, 0.15) is 84.2 Å². The van der Waals surface area contributed by atoms with Crippen LogP contribution in [-0.4, -0.2) is 46.9 Å². The molecule has 1 aliphatic carbocycles. The first kappa shape index (κ1) is 26.0. The first-order chi connectivity index (χ1) is 17.4. The van der Waals surface area contributed by atoms with Gasteiger partial charge in [0.25, 0.3) is 0 Å². The lowest BCUT2D eigenvalue weighted by Gasteiger charge is -2.22. The van der Waals surface area contributed by atoms with E-state index in [-0.39, 0.29) is 34.4 Å². The highest BCUT2D eigenvalue weighted by atomic mass is 35.5. The molecule has 36 heavy (non-hydrogen) atoms. The maximum Gasteiger partial charge on any atom is 0.337 e. The zero-order valence-electron chi connectivity index (χ0n) is 20.5. The summed E-state index contributed by atoms with van der Waals surface area (Å²) in [6.45, 7) is 2.93. The van der Waals surface area contributed by atoms with Crippen LogP contribution in [0, 0.1) is 11.8 Å². The summed E-state index contributed by atoms with van der Waals surface area (Å²) in [7, 11) is 0. The minimum absolute atomic E-state index is 0.0194. The van der Waals surface area contributed by atoms with Crippen LogP contribution in [0.4, 0.5) is 0 Å². The van der Waals surface area contributed by atoms with Gasteiger partial charge in [-0.15, -0.1) is 0 Å². The van der Waals surface area contributed by atoms with E-state index in [0.717, 1.165) is 49.7 Å². The highest BCUT2D eigenvalue weighted by Crippen LogP contribution is 2.35. The molecular weight excluding hydrogens is 478 g/mol. The van der Waals surface area contributed by atoms with Gasteiger partial charge in [0.1, 0.15) is 11.1 Å². The lowest BCUT2D eigenvalue weighted by Crippen LogP contribution is -2.20. The van der Waals surface area contributed by atoms with E-state index < -0.39 is 5.97 Å². The first-order valence-electron chi connectivity index (χ1n) is 12.6. The predicted octanol–water partition coefficient (Wildman–Crippen LogP) is 6.26. The topological polar surface area (TPSA) is 101 Å². The number of benzene rings is 1. The average Bonchev–Trinajstić information content (AvgIpc) is 3.25. The molecule has 8 heteroatoms. The lowest BCUT2D eigenvalue weighted by molar-refractivity contribution is 0.0695.